The van der Waals surface area contributed by atoms with Crippen molar-refractivity contribution in [1.82, 2.24) is 15.2 Å². The topological polar surface area (TPSA) is 54.5 Å². The summed E-state index contributed by atoms with van der Waals surface area (Å²) in [6.45, 7) is 3.79. The van der Waals surface area contributed by atoms with Crippen LogP contribution in [0, 0.1) is 11.8 Å². The molecule has 2 saturated heterocycles. The van der Waals surface area contributed by atoms with Crippen molar-refractivity contribution in [3.63, 3.8) is 0 Å². The Morgan fingerprint density at radius 1 is 1.07 bits per heavy atom. The number of aromatic nitrogens is 1. The summed E-state index contributed by atoms with van der Waals surface area (Å²) in [7, 11) is 0. The van der Waals surface area contributed by atoms with Crippen molar-refractivity contribution < 1.29 is 9.53 Å². The van der Waals surface area contributed by atoms with Gasteiger partial charge in [-0.05, 0) is 68.1 Å². The van der Waals surface area contributed by atoms with Crippen molar-refractivity contribution in [3.8, 4) is 11.5 Å². The lowest BCUT2D eigenvalue weighted by Gasteiger charge is -2.21. The summed E-state index contributed by atoms with van der Waals surface area (Å²) in [5, 5.41) is 3.90. The Balaban J connectivity index is 0.00000140. The summed E-state index contributed by atoms with van der Waals surface area (Å²) in [5.41, 5.74) is 0.613. The van der Waals surface area contributed by atoms with Gasteiger partial charge in [-0.1, -0.05) is 11.6 Å². The molecular weight excluding hydrogens is 421 g/mol. The minimum Gasteiger partial charge on any atom is -0.456 e. The average Bonchev–Trinajstić information content (AvgIpc) is 3.02. The number of nitrogens with one attached hydrogen (secondary N) is 1. The molecule has 4 rings (SSSR count). The molecule has 2 aliphatic rings. The fourth-order valence-corrected chi connectivity index (χ4v) is 4.07. The molecule has 152 valence electrons. The third-order valence-corrected chi connectivity index (χ3v) is 5.66. The van der Waals surface area contributed by atoms with Crippen LogP contribution in [0.4, 0.5) is 0 Å². The van der Waals surface area contributed by atoms with Crippen molar-refractivity contribution in [1.29, 1.82) is 0 Å². The van der Waals surface area contributed by atoms with E-state index in [-0.39, 0.29) is 30.7 Å². The van der Waals surface area contributed by atoms with Crippen molar-refractivity contribution in [3.05, 3.63) is 53.3 Å². The molecule has 1 amide bonds. The highest BCUT2D eigenvalue weighted by molar-refractivity contribution is 6.32. The minimum atomic E-state index is 0. The van der Waals surface area contributed by atoms with Gasteiger partial charge >= 0.3 is 0 Å². The van der Waals surface area contributed by atoms with E-state index in [0.29, 0.717) is 33.9 Å². The molecule has 1 aromatic heterocycles. The van der Waals surface area contributed by atoms with E-state index in [0.717, 1.165) is 39.0 Å². The van der Waals surface area contributed by atoms with Crippen LogP contribution in [0.5, 0.6) is 11.5 Å². The molecule has 0 radical (unpaired) electrons. The molecule has 0 unspecified atom stereocenters. The highest BCUT2D eigenvalue weighted by Crippen LogP contribution is 2.31. The van der Waals surface area contributed by atoms with Crippen molar-refractivity contribution in [2.24, 2.45) is 11.8 Å². The number of hydrogen-bond acceptors (Lipinski definition) is 4. The first-order valence-electron chi connectivity index (χ1n) is 9.08. The molecule has 1 aromatic carbocycles. The Kier molecular flexibility index (Phi) is 8.38. The van der Waals surface area contributed by atoms with Crippen LogP contribution in [0.3, 0.4) is 0 Å². The Labute approximate surface area is 182 Å². The number of pyridine rings is 1. The first kappa shape index (κ1) is 22.8. The first-order chi connectivity index (χ1) is 12.7. The van der Waals surface area contributed by atoms with Gasteiger partial charge in [-0.15, -0.1) is 24.8 Å². The van der Waals surface area contributed by atoms with E-state index in [9.17, 15) is 4.79 Å². The number of nitrogens with zero attached hydrogens (tertiary/aromatic N) is 2. The summed E-state index contributed by atoms with van der Waals surface area (Å²) in [6, 6.07) is 8.77. The van der Waals surface area contributed by atoms with E-state index >= 15 is 0 Å². The van der Waals surface area contributed by atoms with Crippen LogP contribution in [-0.4, -0.2) is 42.0 Å². The van der Waals surface area contributed by atoms with E-state index in [1.165, 1.54) is 0 Å². The van der Waals surface area contributed by atoms with Crippen LogP contribution < -0.4 is 10.1 Å². The van der Waals surface area contributed by atoms with Crippen molar-refractivity contribution in [2.45, 2.75) is 12.8 Å². The highest BCUT2D eigenvalue weighted by Gasteiger charge is 2.31. The largest absolute Gasteiger partial charge is 0.456 e. The van der Waals surface area contributed by atoms with Crippen LogP contribution in [0.25, 0.3) is 0 Å². The number of likely N-dealkylation sites (tertiary alicyclic amines) is 1. The SMILES string of the molecule is Cl.Cl.O=C(c1ccc(Oc2ccncc2)c(Cl)c1)N1CC[C@@H]2CNC[C@@H]2CC1. The maximum absolute atomic E-state index is 12.9. The molecule has 0 aliphatic carbocycles. The van der Waals surface area contributed by atoms with E-state index in [2.05, 4.69) is 10.3 Å². The van der Waals surface area contributed by atoms with E-state index in [4.69, 9.17) is 16.3 Å². The van der Waals surface area contributed by atoms with Crippen LogP contribution in [-0.2, 0) is 0 Å². The number of carbonyl (C=O) groups excluding carboxylic acids is 1. The van der Waals surface area contributed by atoms with Gasteiger partial charge in [0.25, 0.3) is 5.91 Å². The molecule has 8 heteroatoms. The van der Waals surface area contributed by atoms with Gasteiger partial charge in [-0.2, -0.15) is 0 Å². The number of rotatable bonds is 3. The number of hydrogen-bond donors (Lipinski definition) is 1. The fourth-order valence-electron chi connectivity index (χ4n) is 3.85. The number of amides is 1. The predicted octanol–water partition coefficient (Wildman–Crippen LogP) is 4.44. The number of carbonyl (C=O) groups is 1. The zero-order chi connectivity index (χ0) is 17.9. The summed E-state index contributed by atoms with van der Waals surface area (Å²) >= 11 is 6.35. The summed E-state index contributed by atoms with van der Waals surface area (Å²) in [5.74, 6) is 2.65. The molecule has 1 N–H and O–H groups in total. The fraction of sp³-hybridized carbons (Fsp3) is 0.400. The van der Waals surface area contributed by atoms with Crippen molar-refractivity contribution in [2.75, 3.05) is 26.2 Å². The third-order valence-electron chi connectivity index (χ3n) is 5.36. The second-order valence-electron chi connectivity index (χ2n) is 6.98. The zero-order valence-electron chi connectivity index (χ0n) is 15.3. The molecule has 28 heavy (non-hydrogen) atoms. The van der Waals surface area contributed by atoms with Gasteiger partial charge in [-0.25, -0.2) is 0 Å². The monoisotopic (exact) mass is 443 g/mol. The number of fused-ring (bicyclic) bond motifs is 1. The maximum atomic E-state index is 12.9. The van der Waals surface area contributed by atoms with E-state index in [1.807, 2.05) is 4.90 Å². The summed E-state index contributed by atoms with van der Waals surface area (Å²) < 4.78 is 5.76. The smallest absolute Gasteiger partial charge is 0.253 e. The number of halogens is 3. The molecule has 2 fully saturated rings. The number of benzene rings is 1. The second kappa shape index (κ2) is 10.3. The van der Waals surface area contributed by atoms with Crippen LogP contribution in [0.1, 0.15) is 23.2 Å². The van der Waals surface area contributed by atoms with Gasteiger partial charge in [0.1, 0.15) is 11.5 Å². The molecule has 3 heterocycles. The average molecular weight is 445 g/mol. The van der Waals surface area contributed by atoms with Gasteiger partial charge < -0.3 is 15.0 Å². The maximum Gasteiger partial charge on any atom is 0.253 e. The van der Waals surface area contributed by atoms with Gasteiger partial charge in [0.2, 0.25) is 0 Å². The highest BCUT2D eigenvalue weighted by atomic mass is 35.5. The van der Waals surface area contributed by atoms with Gasteiger partial charge in [0.05, 0.1) is 5.02 Å². The number of ether oxygens (including phenoxy) is 1. The molecule has 0 spiro atoms. The van der Waals surface area contributed by atoms with Gasteiger partial charge in [0.15, 0.2) is 0 Å². The summed E-state index contributed by atoms with van der Waals surface area (Å²) in [6.07, 6.45) is 5.46. The Bertz CT molecular complexity index is 778. The van der Waals surface area contributed by atoms with Crippen LogP contribution in [0.15, 0.2) is 42.7 Å². The Morgan fingerprint density at radius 2 is 1.71 bits per heavy atom. The van der Waals surface area contributed by atoms with Gasteiger partial charge in [-0.3, -0.25) is 9.78 Å². The quantitative estimate of drug-likeness (QED) is 0.760. The molecule has 2 aliphatic heterocycles. The molecule has 2 atom stereocenters. The van der Waals surface area contributed by atoms with E-state index in [1.54, 1.807) is 42.7 Å². The molecule has 0 saturated carbocycles. The summed E-state index contributed by atoms with van der Waals surface area (Å²) in [4.78, 5) is 18.8. The standard InChI is InChI=1S/C20H22ClN3O2.2ClH/c21-18-11-14(1-2-19(18)26-17-3-7-22-8-4-17)20(25)24-9-5-15-12-23-13-16(15)6-10-24;;/h1-4,7-8,11,15-16,23H,5-6,9-10,12-13H2;2*1H/t15-,16+;;. The lowest BCUT2D eigenvalue weighted by atomic mass is 9.92. The zero-order valence-corrected chi connectivity index (χ0v) is 17.7. The molecule has 2 aromatic rings. The lowest BCUT2D eigenvalue weighted by molar-refractivity contribution is 0.0758. The minimum absolute atomic E-state index is 0. The van der Waals surface area contributed by atoms with Crippen molar-refractivity contribution >= 4 is 42.3 Å². The molecular formula is C20H24Cl3N3O2. The first-order valence-corrected chi connectivity index (χ1v) is 9.46. The van der Waals surface area contributed by atoms with Crippen LogP contribution in [0.2, 0.25) is 5.02 Å². The normalized spacial score (nSPS) is 21.0. The van der Waals surface area contributed by atoms with Crippen LogP contribution >= 0.6 is 36.4 Å². The third kappa shape index (κ3) is 5.09. The van der Waals surface area contributed by atoms with Gasteiger partial charge in [0, 0.05) is 31.0 Å². The predicted molar refractivity (Wildman–Crippen MR) is 115 cm³/mol. The molecule has 0 bridgehead atoms. The molecule has 5 nitrogen and oxygen atoms in total. The Morgan fingerprint density at radius 3 is 2.32 bits per heavy atom. The van der Waals surface area contributed by atoms with E-state index < -0.39 is 0 Å². The second-order valence-corrected chi connectivity index (χ2v) is 7.39. The lowest BCUT2D eigenvalue weighted by Crippen LogP contribution is -2.32. The Hall–Kier alpha value is -1.53.